The first-order valence-electron chi connectivity index (χ1n) is 6.23. The summed E-state index contributed by atoms with van der Waals surface area (Å²) in [4.78, 5) is 2.32. The monoisotopic (exact) mass is 246 g/mol. The summed E-state index contributed by atoms with van der Waals surface area (Å²) < 4.78 is 23.4. The second-order valence-electron chi connectivity index (χ2n) is 4.99. The molecule has 16 heavy (non-hydrogen) atoms. The highest BCUT2D eigenvalue weighted by atomic mass is 32.2. The third-order valence-electron chi connectivity index (χ3n) is 3.92. The van der Waals surface area contributed by atoms with Crippen LogP contribution in [-0.4, -0.2) is 57.0 Å². The van der Waals surface area contributed by atoms with Gasteiger partial charge in [-0.3, -0.25) is 0 Å². The molecule has 1 atom stereocenters. The van der Waals surface area contributed by atoms with Gasteiger partial charge in [-0.15, -0.1) is 0 Å². The van der Waals surface area contributed by atoms with Crippen LogP contribution in [0.15, 0.2) is 0 Å². The maximum Gasteiger partial charge on any atom is 0.154 e. The molecule has 94 valence electrons. The van der Waals surface area contributed by atoms with Crippen molar-refractivity contribution < 1.29 is 8.42 Å². The van der Waals surface area contributed by atoms with Crippen molar-refractivity contribution >= 4 is 9.84 Å². The lowest BCUT2D eigenvalue weighted by Gasteiger charge is -2.33. The molecule has 0 bridgehead atoms. The van der Waals surface area contributed by atoms with E-state index in [2.05, 4.69) is 10.2 Å². The van der Waals surface area contributed by atoms with E-state index >= 15 is 0 Å². The van der Waals surface area contributed by atoms with E-state index in [4.69, 9.17) is 0 Å². The van der Waals surface area contributed by atoms with E-state index < -0.39 is 9.84 Å². The Bertz CT molecular complexity index is 321. The Hall–Kier alpha value is -0.130. The number of nitrogens with one attached hydrogen (secondary N) is 1. The van der Waals surface area contributed by atoms with Crippen LogP contribution in [0.4, 0.5) is 0 Å². The summed E-state index contributed by atoms with van der Waals surface area (Å²) in [6.07, 6.45) is 4.01. The predicted molar refractivity (Wildman–Crippen MR) is 65.3 cm³/mol. The Morgan fingerprint density at radius 2 is 1.94 bits per heavy atom. The van der Waals surface area contributed by atoms with Gasteiger partial charge in [0.15, 0.2) is 9.84 Å². The lowest BCUT2D eigenvalue weighted by Crippen LogP contribution is -2.44. The average molecular weight is 246 g/mol. The summed E-state index contributed by atoms with van der Waals surface area (Å²) in [7, 11) is -0.761. The van der Waals surface area contributed by atoms with Gasteiger partial charge < -0.3 is 10.2 Å². The number of likely N-dealkylation sites (tertiary alicyclic amines) is 1. The van der Waals surface area contributed by atoms with E-state index in [0.717, 1.165) is 45.3 Å². The molecule has 2 aliphatic heterocycles. The van der Waals surface area contributed by atoms with Crippen LogP contribution in [0.5, 0.6) is 0 Å². The third-order valence-corrected chi connectivity index (χ3v) is 6.18. The molecule has 0 radical (unpaired) electrons. The maximum atomic E-state index is 11.7. The summed E-state index contributed by atoms with van der Waals surface area (Å²) in [6, 6.07) is 0.622. The number of sulfone groups is 1. The fourth-order valence-corrected chi connectivity index (χ4v) is 4.62. The Labute approximate surface area is 98.3 Å². The van der Waals surface area contributed by atoms with Crippen molar-refractivity contribution in [1.29, 1.82) is 0 Å². The van der Waals surface area contributed by atoms with Crippen molar-refractivity contribution in [2.24, 2.45) is 0 Å². The normalized spacial score (nSPS) is 31.9. The maximum absolute atomic E-state index is 11.7. The molecular formula is C11H22N2O2S. The second-order valence-corrected chi connectivity index (χ2v) is 7.40. The Morgan fingerprint density at radius 3 is 2.44 bits per heavy atom. The van der Waals surface area contributed by atoms with Gasteiger partial charge in [-0.2, -0.15) is 0 Å². The van der Waals surface area contributed by atoms with E-state index in [1.165, 1.54) is 0 Å². The highest BCUT2D eigenvalue weighted by Gasteiger charge is 2.33. The SMILES string of the molecule is CNC1CCN(CC2CCCS2(=O)=O)CC1. The summed E-state index contributed by atoms with van der Waals surface area (Å²) in [6.45, 7) is 2.84. The highest BCUT2D eigenvalue weighted by Crippen LogP contribution is 2.22. The Kier molecular flexibility index (Phi) is 3.87. The predicted octanol–water partition coefficient (Wildman–Crippen LogP) is 0.247. The topological polar surface area (TPSA) is 49.4 Å². The molecule has 2 rings (SSSR count). The van der Waals surface area contributed by atoms with Crippen molar-refractivity contribution in [2.45, 2.75) is 37.0 Å². The van der Waals surface area contributed by atoms with Gasteiger partial charge in [-0.05, 0) is 45.8 Å². The van der Waals surface area contributed by atoms with Gasteiger partial charge in [0.05, 0.1) is 11.0 Å². The van der Waals surface area contributed by atoms with Crippen LogP contribution < -0.4 is 5.32 Å². The largest absolute Gasteiger partial charge is 0.317 e. The Balaban J connectivity index is 1.83. The van der Waals surface area contributed by atoms with E-state index in [9.17, 15) is 8.42 Å². The minimum Gasteiger partial charge on any atom is -0.317 e. The van der Waals surface area contributed by atoms with Gasteiger partial charge in [0.2, 0.25) is 0 Å². The van der Waals surface area contributed by atoms with Crippen LogP contribution in [0.25, 0.3) is 0 Å². The number of hydrogen-bond donors (Lipinski definition) is 1. The first-order valence-corrected chi connectivity index (χ1v) is 7.94. The van der Waals surface area contributed by atoms with Crippen LogP contribution in [0.3, 0.4) is 0 Å². The van der Waals surface area contributed by atoms with Crippen molar-refractivity contribution in [2.75, 3.05) is 32.4 Å². The molecule has 0 aromatic carbocycles. The average Bonchev–Trinajstić information content (AvgIpc) is 2.59. The zero-order valence-electron chi connectivity index (χ0n) is 9.98. The van der Waals surface area contributed by atoms with E-state index in [0.29, 0.717) is 11.8 Å². The fourth-order valence-electron chi connectivity index (χ4n) is 2.76. The Morgan fingerprint density at radius 1 is 1.25 bits per heavy atom. The number of piperidine rings is 1. The smallest absolute Gasteiger partial charge is 0.154 e. The summed E-state index contributed by atoms with van der Waals surface area (Å²) >= 11 is 0. The molecule has 0 aliphatic carbocycles. The van der Waals surface area contributed by atoms with E-state index in [1.54, 1.807) is 0 Å². The molecule has 0 amide bonds. The number of nitrogens with zero attached hydrogens (tertiary/aromatic N) is 1. The van der Waals surface area contributed by atoms with Crippen LogP contribution in [0, 0.1) is 0 Å². The lowest BCUT2D eigenvalue weighted by atomic mass is 10.0. The minimum atomic E-state index is -2.76. The van der Waals surface area contributed by atoms with E-state index in [1.807, 2.05) is 7.05 Å². The third kappa shape index (κ3) is 2.76. The van der Waals surface area contributed by atoms with Crippen LogP contribution >= 0.6 is 0 Å². The van der Waals surface area contributed by atoms with Crippen molar-refractivity contribution in [1.82, 2.24) is 10.2 Å². The van der Waals surface area contributed by atoms with Gasteiger partial charge in [0, 0.05) is 12.6 Å². The summed E-state index contributed by atoms with van der Waals surface area (Å²) in [5, 5.41) is 3.20. The molecule has 2 fully saturated rings. The molecule has 1 N–H and O–H groups in total. The molecule has 2 heterocycles. The number of rotatable bonds is 3. The number of hydrogen-bond acceptors (Lipinski definition) is 4. The van der Waals surface area contributed by atoms with Gasteiger partial charge >= 0.3 is 0 Å². The molecule has 4 nitrogen and oxygen atoms in total. The first-order chi connectivity index (χ1) is 7.62. The standard InChI is InChI=1S/C11H22N2O2S/c1-12-10-4-6-13(7-5-10)9-11-3-2-8-16(11,14)15/h10-12H,2-9H2,1H3. The van der Waals surface area contributed by atoms with Crippen molar-refractivity contribution in [3.05, 3.63) is 0 Å². The van der Waals surface area contributed by atoms with Crippen molar-refractivity contribution in [3.63, 3.8) is 0 Å². The molecule has 1 unspecified atom stereocenters. The zero-order chi connectivity index (χ0) is 11.6. The molecule has 5 heteroatoms. The fraction of sp³-hybridized carbons (Fsp3) is 1.00. The quantitative estimate of drug-likeness (QED) is 0.775. The molecule has 0 saturated carbocycles. The molecular weight excluding hydrogens is 224 g/mol. The minimum absolute atomic E-state index is 0.0846. The molecule has 0 aromatic rings. The molecule has 0 aromatic heterocycles. The highest BCUT2D eigenvalue weighted by molar-refractivity contribution is 7.92. The van der Waals surface area contributed by atoms with Gasteiger partial charge in [0.1, 0.15) is 0 Å². The molecule has 2 aliphatic rings. The van der Waals surface area contributed by atoms with Crippen LogP contribution in [-0.2, 0) is 9.84 Å². The van der Waals surface area contributed by atoms with Crippen molar-refractivity contribution in [3.8, 4) is 0 Å². The van der Waals surface area contributed by atoms with Gasteiger partial charge in [0.25, 0.3) is 0 Å². The first kappa shape index (κ1) is 12.3. The van der Waals surface area contributed by atoms with Gasteiger partial charge in [-0.1, -0.05) is 0 Å². The summed E-state index contributed by atoms with van der Waals surface area (Å²) in [5.74, 6) is 0.407. The zero-order valence-corrected chi connectivity index (χ0v) is 10.8. The van der Waals surface area contributed by atoms with Gasteiger partial charge in [-0.25, -0.2) is 8.42 Å². The van der Waals surface area contributed by atoms with Crippen LogP contribution in [0.1, 0.15) is 25.7 Å². The second kappa shape index (κ2) is 5.02. The molecule has 0 spiro atoms. The van der Waals surface area contributed by atoms with E-state index in [-0.39, 0.29) is 5.25 Å². The van der Waals surface area contributed by atoms with Crippen LogP contribution in [0.2, 0.25) is 0 Å². The lowest BCUT2D eigenvalue weighted by molar-refractivity contribution is 0.200. The molecule has 2 saturated heterocycles. The summed E-state index contributed by atoms with van der Waals surface area (Å²) in [5.41, 5.74) is 0.